The van der Waals surface area contributed by atoms with Crippen LogP contribution in [0.5, 0.6) is 0 Å². The first-order chi connectivity index (χ1) is 17.0. The number of benzene rings is 4. The van der Waals surface area contributed by atoms with Crippen LogP contribution >= 0.6 is 0 Å². The summed E-state index contributed by atoms with van der Waals surface area (Å²) in [7, 11) is 0. The molecule has 2 heterocycles. The summed E-state index contributed by atoms with van der Waals surface area (Å²) >= 11 is 0. The fourth-order valence-electron chi connectivity index (χ4n) is 4.08. The monoisotopic (exact) mass is 652 g/mol. The van der Waals surface area contributed by atoms with Crippen molar-refractivity contribution in [3.63, 3.8) is 0 Å². The van der Waals surface area contributed by atoms with Crippen LogP contribution in [0.4, 0.5) is 22.7 Å². The molecule has 179 valence electrons. The van der Waals surface area contributed by atoms with E-state index in [-0.39, 0.29) is 31.6 Å². The van der Waals surface area contributed by atoms with Gasteiger partial charge in [-0.1, -0.05) is 64.6 Å². The Morgan fingerprint density at radius 1 is 0.861 bits per heavy atom. The van der Waals surface area contributed by atoms with Gasteiger partial charge in [-0.05, 0) is 29.9 Å². The first kappa shape index (κ1) is 25.0. The average Bonchev–Trinajstić information content (AvgIpc) is 3.42. The average molecular weight is 652 g/mol. The summed E-state index contributed by atoms with van der Waals surface area (Å²) in [5.41, 5.74) is 5.88. The van der Waals surface area contributed by atoms with Crippen LogP contribution in [-0.2, 0) is 24.9 Å². The Morgan fingerprint density at radius 3 is 2.17 bits per heavy atom. The fraction of sp³-hybridized carbons (Fsp3) is 0.0667. The number of aliphatic hydroxyl groups is 1. The van der Waals surface area contributed by atoms with Crippen molar-refractivity contribution in [2.45, 2.75) is 13.8 Å². The van der Waals surface area contributed by atoms with Gasteiger partial charge in [-0.3, -0.25) is 4.79 Å². The van der Waals surface area contributed by atoms with Crippen LogP contribution in [-0.4, -0.2) is 16.9 Å². The van der Waals surface area contributed by atoms with E-state index in [1.165, 1.54) is 19.9 Å². The van der Waals surface area contributed by atoms with Crippen molar-refractivity contribution in [3.05, 3.63) is 109 Å². The number of carbonyl (C=O) groups excluding carboxylic acids is 1. The van der Waals surface area contributed by atoms with Crippen molar-refractivity contribution in [2.75, 3.05) is 0 Å². The van der Waals surface area contributed by atoms with Crippen LogP contribution in [0.25, 0.3) is 21.9 Å². The SMILES string of the molecule is C1=[N+](c2[c-]cc3c(c2)oc2ccccc23)c2ccccc2[N+]=1c1ccccc1.CC(=O)/C=C(/C)O.[Ir]. The molecule has 0 saturated heterocycles. The van der Waals surface area contributed by atoms with Gasteiger partial charge in [0.25, 0.3) is 11.4 Å². The number of hydrogen-bond donors (Lipinski definition) is 1. The Labute approximate surface area is 222 Å². The van der Waals surface area contributed by atoms with Crippen LogP contribution in [0.1, 0.15) is 13.8 Å². The van der Waals surface area contributed by atoms with Crippen molar-refractivity contribution in [1.29, 1.82) is 0 Å². The minimum Gasteiger partial charge on any atom is -0.512 e. The third-order valence-corrected chi connectivity index (χ3v) is 5.53. The van der Waals surface area contributed by atoms with Crippen LogP contribution in [0, 0.1) is 6.07 Å². The maximum Gasteiger partial charge on any atom is 0.501 e. The summed E-state index contributed by atoms with van der Waals surface area (Å²) in [6.45, 7) is 2.85. The summed E-state index contributed by atoms with van der Waals surface area (Å²) in [6, 6.07) is 37.6. The van der Waals surface area contributed by atoms with Crippen LogP contribution in [0.3, 0.4) is 0 Å². The number of hydrogen-bond acceptors (Lipinski definition) is 3. The van der Waals surface area contributed by atoms with Crippen molar-refractivity contribution in [3.8, 4) is 0 Å². The molecule has 0 bridgehead atoms. The van der Waals surface area contributed by atoms with Crippen molar-refractivity contribution >= 4 is 56.5 Å². The second-order valence-corrected chi connectivity index (χ2v) is 8.19. The Bertz CT molecular complexity index is 1670. The number of allylic oxidation sites excluding steroid dienone is 2. The molecule has 1 N–H and O–H groups in total. The smallest absolute Gasteiger partial charge is 0.501 e. The molecule has 1 aliphatic heterocycles. The van der Waals surface area contributed by atoms with Crippen LogP contribution in [0.2, 0.25) is 0 Å². The molecule has 1 radical (unpaired) electrons. The van der Waals surface area contributed by atoms with E-state index in [9.17, 15) is 4.79 Å². The van der Waals surface area contributed by atoms with Gasteiger partial charge in [-0.15, -0.1) is 6.07 Å². The number of furan rings is 1. The fourth-order valence-corrected chi connectivity index (χ4v) is 4.08. The van der Waals surface area contributed by atoms with Gasteiger partial charge in [0.15, 0.2) is 5.78 Å². The minimum absolute atomic E-state index is 0. The summed E-state index contributed by atoms with van der Waals surface area (Å²) in [5.74, 6) is -0.0625. The predicted octanol–water partition coefficient (Wildman–Crippen LogP) is 7.28. The van der Waals surface area contributed by atoms with E-state index < -0.39 is 0 Å². The quantitative estimate of drug-likeness (QED) is 0.0948. The molecule has 1 aliphatic rings. The summed E-state index contributed by atoms with van der Waals surface area (Å²) in [4.78, 5) is 10.0. The molecule has 0 saturated carbocycles. The molecular formula is C30H23IrN2O3+. The summed E-state index contributed by atoms with van der Waals surface area (Å²) in [5, 5.41) is 10.6. The topological polar surface area (TPSA) is 56.5 Å². The predicted molar refractivity (Wildman–Crippen MR) is 140 cm³/mol. The van der Waals surface area contributed by atoms with Crippen molar-refractivity contribution in [2.24, 2.45) is 0 Å². The van der Waals surface area contributed by atoms with Crippen molar-refractivity contribution in [1.82, 2.24) is 9.15 Å². The van der Waals surface area contributed by atoms with E-state index in [1.807, 2.05) is 65.2 Å². The molecule has 0 amide bonds. The van der Waals surface area contributed by atoms with E-state index in [4.69, 9.17) is 9.52 Å². The zero-order chi connectivity index (χ0) is 24.4. The number of para-hydroxylation sites is 4. The molecule has 6 heteroatoms. The van der Waals surface area contributed by atoms with E-state index in [0.29, 0.717) is 0 Å². The normalized spacial score (nSPS) is 12.2. The van der Waals surface area contributed by atoms with Gasteiger partial charge in [-0.2, -0.15) is 6.07 Å². The molecule has 0 fully saturated rings. The summed E-state index contributed by atoms with van der Waals surface area (Å²) in [6.07, 6.45) is 1.17. The number of rotatable bonds is 3. The molecular weight excluding hydrogens is 629 g/mol. The molecule has 1 aromatic heterocycles. The van der Waals surface area contributed by atoms with Gasteiger partial charge in [-0.25, -0.2) is 0 Å². The molecule has 36 heavy (non-hydrogen) atoms. The summed E-state index contributed by atoms with van der Waals surface area (Å²) < 4.78 is 10.2. The Hall–Kier alpha value is -4.08. The molecule has 4 aromatic carbocycles. The van der Waals surface area contributed by atoms with E-state index in [2.05, 4.69) is 47.0 Å². The first-order valence-electron chi connectivity index (χ1n) is 11.2. The minimum atomic E-state index is -0.125. The largest absolute Gasteiger partial charge is 0.512 e. The van der Waals surface area contributed by atoms with Gasteiger partial charge in [0.05, 0.1) is 5.76 Å². The van der Waals surface area contributed by atoms with Gasteiger partial charge in [0.2, 0.25) is 5.69 Å². The third-order valence-electron chi connectivity index (χ3n) is 5.53. The van der Waals surface area contributed by atoms with Gasteiger partial charge in [0, 0.05) is 56.0 Å². The maximum absolute atomic E-state index is 10.0. The van der Waals surface area contributed by atoms with E-state index >= 15 is 0 Å². The molecule has 0 aliphatic carbocycles. The van der Waals surface area contributed by atoms with Gasteiger partial charge >= 0.3 is 6.01 Å². The van der Waals surface area contributed by atoms with Gasteiger partial charge < -0.3 is 9.52 Å². The Balaban J connectivity index is 0.000000338. The number of carbonyl (C=O) groups is 1. The molecule has 0 spiro atoms. The van der Waals surface area contributed by atoms with E-state index in [1.54, 1.807) is 0 Å². The standard InChI is InChI=1S/C25H15N2O.C5H8O2.Ir/c1-2-8-18(9-3-1)26-17-27(23-12-6-5-11-22(23)26)19-14-15-21-20-10-4-7-13-24(20)28-25(21)16-19;1-4(6)3-5(2)7;/h1-13,15-16H;3,6H,1-2H3;/q+1;;/b;4-3-;. The molecule has 0 atom stereocenters. The number of fused-ring (bicyclic) bond motifs is 4. The van der Waals surface area contributed by atoms with E-state index in [0.717, 1.165) is 44.7 Å². The number of aliphatic hydroxyl groups excluding tert-OH is 1. The van der Waals surface area contributed by atoms with Crippen molar-refractivity contribution < 1.29 is 34.4 Å². The molecule has 5 nitrogen and oxygen atoms in total. The number of nitrogens with zero attached hydrogens (tertiary/aromatic N) is 2. The molecule has 0 unspecified atom stereocenters. The van der Waals surface area contributed by atoms with Crippen LogP contribution < -0.4 is 9.15 Å². The number of ketones is 1. The third kappa shape index (κ3) is 4.98. The van der Waals surface area contributed by atoms with Gasteiger partial charge in [0.1, 0.15) is 11.3 Å². The maximum atomic E-state index is 10.0. The Morgan fingerprint density at radius 2 is 1.50 bits per heavy atom. The molecule has 5 aromatic rings. The zero-order valence-electron chi connectivity index (χ0n) is 19.7. The second-order valence-electron chi connectivity index (χ2n) is 8.19. The Kier molecular flexibility index (Phi) is 7.42. The molecule has 6 rings (SSSR count). The first-order valence-corrected chi connectivity index (χ1v) is 11.2. The van der Waals surface area contributed by atoms with Crippen LogP contribution in [0.15, 0.2) is 107 Å². The second kappa shape index (κ2) is 10.7. The zero-order valence-corrected chi connectivity index (χ0v) is 22.1.